The van der Waals surface area contributed by atoms with Gasteiger partial charge in [0.2, 0.25) is 11.9 Å². The van der Waals surface area contributed by atoms with Gasteiger partial charge in [-0.05, 0) is 67.7 Å². The van der Waals surface area contributed by atoms with Crippen LogP contribution < -0.4 is 32.1 Å². The van der Waals surface area contributed by atoms with E-state index < -0.39 is 59.1 Å². The standard InChI is InChI=1S/C25H43N7O8/c1-13(33)17(34)15-12-28-18-16(19(35)31-21(26)30-18)32(15)20(36)14(29-23(38)40-25(5,6)7)10-8-9-11-27-22(37)39-24(2,3)4/h13-15,17,33-34H,8-12H2,1-7H3,(H,27,37)(H,29,38)(H4,26,28,30,31,35). The van der Waals surface area contributed by atoms with Gasteiger partial charge in [0.1, 0.15) is 29.2 Å². The molecule has 0 radical (unpaired) electrons. The van der Waals surface area contributed by atoms with Crippen LogP contribution in [0.2, 0.25) is 0 Å². The normalized spacial score (nSPS) is 17.5. The Morgan fingerprint density at radius 3 is 2.27 bits per heavy atom. The van der Waals surface area contributed by atoms with E-state index >= 15 is 0 Å². The molecule has 15 nitrogen and oxygen atoms in total. The SMILES string of the molecule is CC(O)C(O)C1CNc2[nH]c(N)nc(=O)c2N1C(=O)C(CCCCNC(=O)OC(C)(C)C)NC(=O)OC(C)(C)C. The number of anilines is 3. The summed E-state index contributed by atoms with van der Waals surface area (Å²) in [4.78, 5) is 58.9. The van der Waals surface area contributed by atoms with Gasteiger partial charge in [0.15, 0.2) is 5.69 Å². The Hall–Kier alpha value is -3.59. The number of fused-ring (bicyclic) bond motifs is 1. The minimum Gasteiger partial charge on any atom is -0.444 e. The molecule has 1 aromatic heterocycles. The third-order valence-corrected chi connectivity index (χ3v) is 5.68. The second kappa shape index (κ2) is 13.2. The first-order valence-electron chi connectivity index (χ1n) is 13.2. The van der Waals surface area contributed by atoms with Crippen LogP contribution in [0.25, 0.3) is 0 Å². The van der Waals surface area contributed by atoms with Crippen LogP contribution in [0.4, 0.5) is 27.0 Å². The number of aliphatic hydroxyl groups is 2. The van der Waals surface area contributed by atoms with Gasteiger partial charge >= 0.3 is 17.7 Å². The quantitative estimate of drug-likeness (QED) is 0.206. The van der Waals surface area contributed by atoms with E-state index in [0.717, 1.165) is 4.90 Å². The van der Waals surface area contributed by atoms with Crippen LogP contribution in [-0.4, -0.2) is 86.9 Å². The summed E-state index contributed by atoms with van der Waals surface area (Å²) >= 11 is 0. The molecule has 0 spiro atoms. The monoisotopic (exact) mass is 569 g/mol. The first kappa shape index (κ1) is 32.6. The Bertz CT molecular complexity index is 1110. The maximum atomic E-state index is 14.0. The number of carbonyl (C=O) groups excluding carboxylic acids is 3. The van der Waals surface area contributed by atoms with Crippen LogP contribution in [0, 0.1) is 0 Å². The van der Waals surface area contributed by atoms with E-state index in [2.05, 4.69) is 25.9 Å². The highest BCUT2D eigenvalue weighted by molar-refractivity contribution is 6.02. The molecule has 0 aromatic carbocycles. The highest BCUT2D eigenvalue weighted by Crippen LogP contribution is 2.30. The summed E-state index contributed by atoms with van der Waals surface area (Å²) in [6.45, 7) is 11.8. The van der Waals surface area contributed by atoms with Gasteiger partial charge in [-0.1, -0.05) is 0 Å². The van der Waals surface area contributed by atoms with E-state index in [-0.39, 0.29) is 37.0 Å². The van der Waals surface area contributed by atoms with Gasteiger partial charge < -0.3 is 46.4 Å². The van der Waals surface area contributed by atoms with Crippen molar-refractivity contribution in [1.29, 1.82) is 0 Å². The topological polar surface area (TPSA) is 221 Å². The zero-order chi connectivity index (χ0) is 30.4. The molecular weight excluding hydrogens is 526 g/mol. The molecule has 226 valence electrons. The Morgan fingerprint density at radius 1 is 1.10 bits per heavy atom. The number of hydrogen-bond donors (Lipinski definition) is 7. The largest absolute Gasteiger partial charge is 0.444 e. The van der Waals surface area contributed by atoms with Crippen LogP contribution in [0.5, 0.6) is 0 Å². The van der Waals surface area contributed by atoms with Crippen molar-refractivity contribution in [2.75, 3.05) is 29.0 Å². The number of nitrogens with two attached hydrogens (primary N) is 1. The second-order valence-electron chi connectivity index (χ2n) is 11.7. The molecule has 0 bridgehead atoms. The van der Waals surface area contributed by atoms with Crippen LogP contribution >= 0.6 is 0 Å². The summed E-state index contributed by atoms with van der Waals surface area (Å²) in [6.07, 6.45) is -3.21. The molecule has 3 amide bonds. The highest BCUT2D eigenvalue weighted by Gasteiger charge is 2.42. The van der Waals surface area contributed by atoms with Crippen LogP contribution in [0.1, 0.15) is 67.7 Å². The summed E-state index contributed by atoms with van der Waals surface area (Å²) < 4.78 is 10.5. The summed E-state index contributed by atoms with van der Waals surface area (Å²) in [5.41, 5.74) is 3.12. The zero-order valence-corrected chi connectivity index (χ0v) is 24.2. The number of aliphatic hydroxyl groups excluding tert-OH is 2. The molecule has 8 N–H and O–H groups in total. The highest BCUT2D eigenvalue weighted by atomic mass is 16.6. The first-order chi connectivity index (χ1) is 18.4. The first-order valence-corrected chi connectivity index (χ1v) is 13.2. The summed E-state index contributed by atoms with van der Waals surface area (Å²) in [5, 5.41) is 28.9. The van der Waals surface area contributed by atoms with Gasteiger partial charge in [-0.25, -0.2) is 9.59 Å². The fourth-order valence-electron chi connectivity index (χ4n) is 4.02. The van der Waals surface area contributed by atoms with E-state index in [0.29, 0.717) is 12.8 Å². The molecule has 4 atom stereocenters. The lowest BCUT2D eigenvalue weighted by Gasteiger charge is -2.41. The van der Waals surface area contributed by atoms with E-state index in [4.69, 9.17) is 15.2 Å². The average Bonchev–Trinajstić information content (AvgIpc) is 2.78. The molecule has 0 saturated heterocycles. The molecule has 2 heterocycles. The van der Waals surface area contributed by atoms with Crippen molar-refractivity contribution in [3.63, 3.8) is 0 Å². The molecule has 4 unspecified atom stereocenters. The van der Waals surface area contributed by atoms with Gasteiger partial charge in [-0.15, -0.1) is 0 Å². The van der Waals surface area contributed by atoms with Gasteiger partial charge in [-0.3, -0.25) is 14.5 Å². The van der Waals surface area contributed by atoms with Crippen molar-refractivity contribution >= 4 is 35.5 Å². The number of ether oxygens (including phenoxy) is 2. The van der Waals surface area contributed by atoms with Gasteiger partial charge in [0, 0.05) is 13.1 Å². The second-order valence-corrected chi connectivity index (χ2v) is 11.7. The smallest absolute Gasteiger partial charge is 0.408 e. The van der Waals surface area contributed by atoms with E-state index in [9.17, 15) is 29.4 Å². The number of H-pyrrole nitrogens is 1. The molecule has 1 aliphatic heterocycles. The molecule has 0 saturated carbocycles. The number of amides is 3. The third kappa shape index (κ3) is 9.55. The number of hydrogen-bond acceptors (Lipinski definition) is 11. The molecular formula is C25H43N7O8. The minimum absolute atomic E-state index is 0.0385. The number of nitrogen functional groups attached to an aromatic ring is 1. The Labute approximate surface area is 233 Å². The van der Waals surface area contributed by atoms with Gasteiger partial charge in [-0.2, -0.15) is 4.98 Å². The van der Waals surface area contributed by atoms with Crippen molar-refractivity contribution < 1.29 is 34.1 Å². The van der Waals surface area contributed by atoms with Crippen LogP contribution in [-0.2, 0) is 14.3 Å². The number of carbonyl (C=O) groups is 3. The Balaban J connectivity index is 2.32. The van der Waals surface area contributed by atoms with Gasteiger partial charge in [0.25, 0.3) is 0 Å². The lowest BCUT2D eigenvalue weighted by atomic mass is 9.99. The van der Waals surface area contributed by atoms with Crippen molar-refractivity contribution in [2.24, 2.45) is 0 Å². The van der Waals surface area contributed by atoms with E-state index in [1.165, 1.54) is 6.92 Å². The molecule has 1 aromatic rings. The van der Waals surface area contributed by atoms with Crippen molar-refractivity contribution in [2.45, 2.75) is 103 Å². The van der Waals surface area contributed by atoms with Crippen molar-refractivity contribution in [1.82, 2.24) is 20.6 Å². The number of aromatic amines is 1. The summed E-state index contributed by atoms with van der Waals surface area (Å²) in [5.74, 6) is -0.799. The van der Waals surface area contributed by atoms with E-state index in [1.807, 2.05) is 0 Å². The van der Waals surface area contributed by atoms with Crippen molar-refractivity contribution in [3.8, 4) is 0 Å². The molecule has 0 fully saturated rings. The number of alkyl carbamates (subject to hydrolysis) is 2. The summed E-state index contributed by atoms with van der Waals surface area (Å²) in [6, 6.07) is -2.27. The third-order valence-electron chi connectivity index (χ3n) is 5.68. The average molecular weight is 570 g/mol. The molecule has 40 heavy (non-hydrogen) atoms. The van der Waals surface area contributed by atoms with Gasteiger partial charge in [0.05, 0.1) is 12.1 Å². The fraction of sp³-hybridized carbons (Fsp3) is 0.720. The summed E-state index contributed by atoms with van der Waals surface area (Å²) in [7, 11) is 0. The number of rotatable bonds is 9. The number of nitrogens with zero attached hydrogens (tertiary/aromatic N) is 2. The maximum absolute atomic E-state index is 14.0. The predicted octanol–water partition coefficient (Wildman–Crippen LogP) is 0.809. The lowest BCUT2D eigenvalue weighted by Crippen LogP contribution is -2.62. The Kier molecular flexibility index (Phi) is 10.7. The number of unbranched alkanes of at least 4 members (excludes halogenated alkanes) is 1. The molecule has 15 heteroatoms. The zero-order valence-electron chi connectivity index (χ0n) is 24.2. The predicted molar refractivity (Wildman–Crippen MR) is 148 cm³/mol. The Morgan fingerprint density at radius 2 is 1.70 bits per heavy atom. The minimum atomic E-state index is -1.44. The molecule has 1 aliphatic rings. The lowest BCUT2D eigenvalue weighted by molar-refractivity contribution is -0.122. The molecule has 2 rings (SSSR count). The maximum Gasteiger partial charge on any atom is 0.408 e. The molecule has 0 aliphatic carbocycles. The number of nitrogens with one attached hydrogen (secondary N) is 4. The van der Waals surface area contributed by atoms with E-state index in [1.54, 1.807) is 41.5 Å². The van der Waals surface area contributed by atoms with Crippen molar-refractivity contribution in [3.05, 3.63) is 10.4 Å². The fourth-order valence-corrected chi connectivity index (χ4v) is 4.02. The van der Waals surface area contributed by atoms with Crippen LogP contribution in [0.15, 0.2) is 4.79 Å². The van der Waals surface area contributed by atoms with Crippen LogP contribution in [0.3, 0.4) is 0 Å². The number of aromatic nitrogens is 2.